The zero-order valence-corrected chi connectivity index (χ0v) is 24.3. The first-order chi connectivity index (χ1) is 20.7. The Morgan fingerprint density at radius 3 is 0.929 bits per heavy atom. The number of rotatable bonds is 15. The number of nitrogens with zero attached hydrogens (tertiary/aromatic N) is 2. The summed E-state index contributed by atoms with van der Waals surface area (Å²) in [5.74, 6) is 0. The second-order valence-electron chi connectivity index (χ2n) is 10.5. The molecule has 0 heterocycles. The van der Waals surface area contributed by atoms with Crippen LogP contribution in [-0.4, -0.2) is 35.0 Å². The molecule has 0 saturated carbocycles. The van der Waals surface area contributed by atoms with Crippen molar-refractivity contribution in [1.29, 1.82) is 0 Å². The van der Waals surface area contributed by atoms with Gasteiger partial charge in [0, 0.05) is 39.3 Å². The Balaban J connectivity index is 1.16. The minimum atomic E-state index is -0.0492. The van der Waals surface area contributed by atoms with Gasteiger partial charge < -0.3 is 20.4 Å². The maximum atomic E-state index is 13.1. The summed E-state index contributed by atoms with van der Waals surface area (Å²) >= 11 is 0. The van der Waals surface area contributed by atoms with Gasteiger partial charge in [-0.3, -0.25) is 0 Å². The summed E-state index contributed by atoms with van der Waals surface area (Å²) in [5.41, 5.74) is 4.43. The Labute approximate surface area is 250 Å². The van der Waals surface area contributed by atoms with Crippen LogP contribution in [0, 0.1) is 0 Å². The topological polar surface area (TPSA) is 64.7 Å². The molecule has 0 atom stereocenters. The van der Waals surface area contributed by atoms with Crippen LogP contribution in [-0.2, 0) is 26.2 Å². The van der Waals surface area contributed by atoms with Crippen molar-refractivity contribution < 1.29 is 9.59 Å². The molecule has 0 aliphatic heterocycles. The Morgan fingerprint density at radius 1 is 0.405 bits per heavy atom. The summed E-state index contributed by atoms with van der Waals surface area (Å²) in [5, 5.41) is 6.21. The molecule has 6 nitrogen and oxygen atoms in total. The van der Waals surface area contributed by atoms with Crippen LogP contribution >= 0.6 is 0 Å². The molecule has 0 spiro atoms. The molecule has 6 heteroatoms. The van der Waals surface area contributed by atoms with Crippen LogP contribution in [0.25, 0.3) is 0 Å². The van der Waals surface area contributed by atoms with Crippen LogP contribution in [0.1, 0.15) is 47.9 Å². The SMILES string of the molecule is O=C(NCCCCCCNC(=O)N(Cc1ccccc1)Cc1ccccc1)N(Cc1ccccc1)Cc1ccccc1. The third-order valence-corrected chi connectivity index (χ3v) is 7.10. The molecule has 0 fully saturated rings. The highest BCUT2D eigenvalue weighted by atomic mass is 16.2. The monoisotopic (exact) mass is 562 g/mol. The van der Waals surface area contributed by atoms with Gasteiger partial charge in [-0.1, -0.05) is 134 Å². The predicted octanol–water partition coefficient (Wildman–Crippen LogP) is 7.37. The highest BCUT2D eigenvalue weighted by Gasteiger charge is 2.15. The number of benzene rings is 4. The summed E-state index contributed by atoms with van der Waals surface area (Å²) in [6.45, 7) is 3.51. The van der Waals surface area contributed by atoms with Crippen LogP contribution in [0.5, 0.6) is 0 Å². The van der Waals surface area contributed by atoms with Crippen LogP contribution in [0.4, 0.5) is 9.59 Å². The second kappa shape index (κ2) is 17.3. The first-order valence-electron chi connectivity index (χ1n) is 14.9. The standard InChI is InChI=1S/C36H42N4O2/c41-35(39(27-31-17-7-3-8-18-31)28-32-19-9-4-10-20-32)37-25-15-1-2-16-26-38-36(42)40(29-33-21-11-5-12-22-33)30-34-23-13-6-14-24-34/h3-14,17-24H,1-2,15-16,25-30H2,(H,37,41)(H,38,42). The highest BCUT2D eigenvalue weighted by Crippen LogP contribution is 2.12. The number of urea groups is 2. The molecule has 0 radical (unpaired) electrons. The fraction of sp³-hybridized carbons (Fsp3) is 0.278. The van der Waals surface area contributed by atoms with Crippen molar-refractivity contribution in [2.45, 2.75) is 51.9 Å². The van der Waals surface area contributed by atoms with E-state index in [4.69, 9.17) is 0 Å². The van der Waals surface area contributed by atoms with Gasteiger partial charge >= 0.3 is 12.1 Å². The minimum absolute atomic E-state index is 0.0492. The van der Waals surface area contributed by atoms with Crippen LogP contribution in [0.15, 0.2) is 121 Å². The van der Waals surface area contributed by atoms with Gasteiger partial charge in [0.05, 0.1) is 0 Å². The van der Waals surface area contributed by atoms with Crippen molar-refractivity contribution in [3.05, 3.63) is 144 Å². The Bertz CT molecular complexity index is 1130. The average Bonchev–Trinajstić information content (AvgIpc) is 3.03. The summed E-state index contributed by atoms with van der Waals surface area (Å²) in [4.78, 5) is 29.8. The van der Waals surface area contributed by atoms with Crippen molar-refractivity contribution >= 4 is 12.1 Å². The molecule has 0 aromatic heterocycles. The Morgan fingerprint density at radius 2 is 0.667 bits per heavy atom. The lowest BCUT2D eigenvalue weighted by atomic mass is 10.1. The number of hydrogen-bond donors (Lipinski definition) is 2. The molecular weight excluding hydrogens is 520 g/mol. The van der Waals surface area contributed by atoms with Crippen molar-refractivity contribution in [3.8, 4) is 0 Å². The van der Waals surface area contributed by atoms with Gasteiger partial charge in [-0.25, -0.2) is 9.59 Å². The maximum absolute atomic E-state index is 13.1. The van der Waals surface area contributed by atoms with Gasteiger partial charge in [0.15, 0.2) is 0 Å². The third-order valence-electron chi connectivity index (χ3n) is 7.10. The number of amides is 4. The van der Waals surface area contributed by atoms with E-state index in [0.29, 0.717) is 39.3 Å². The predicted molar refractivity (Wildman–Crippen MR) is 170 cm³/mol. The van der Waals surface area contributed by atoms with Gasteiger partial charge in [-0.2, -0.15) is 0 Å². The number of unbranched alkanes of at least 4 members (excludes halogenated alkanes) is 3. The number of carbonyl (C=O) groups is 2. The second-order valence-corrected chi connectivity index (χ2v) is 10.5. The van der Waals surface area contributed by atoms with Crippen molar-refractivity contribution in [2.75, 3.05) is 13.1 Å². The molecule has 4 rings (SSSR count). The van der Waals surface area contributed by atoms with E-state index in [0.717, 1.165) is 47.9 Å². The van der Waals surface area contributed by atoms with Crippen LogP contribution < -0.4 is 10.6 Å². The van der Waals surface area contributed by atoms with Crippen molar-refractivity contribution in [3.63, 3.8) is 0 Å². The van der Waals surface area contributed by atoms with Crippen LogP contribution in [0.2, 0.25) is 0 Å². The van der Waals surface area contributed by atoms with E-state index in [1.165, 1.54) is 0 Å². The molecule has 42 heavy (non-hydrogen) atoms. The van der Waals surface area contributed by atoms with Crippen molar-refractivity contribution in [1.82, 2.24) is 20.4 Å². The van der Waals surface area contributed by atoms with Crippen molar-refractivity contribution in [2.24, 2.45) is 0 Å². The van der Waals surface area contributed by atoms with Gasteiger partial charge in [0.25, 0.3) is 0 Å². The fourth-order valence-corrected chi connectivity index (χ4v) is 4.83. The molecule has 2 N–H and O–H groups in total. The lowest BCUT2D eigenvalue weighted by Crippen LogP contribution is -2.39. The molecule has 0 aliphatic rings. The summed E-state index contributed by atoms with van der Waals surface area (Å²) in [6, 6.07) is 40.2. The zero-order valence-electron chi connectivity index (χ0n) is 24.3. The van der Waals surface area contributed by atoms with E-state index in [2.05, 4.69) is 10.6 Å². The first-order valence-corrected chi connectivity index (χ1v) is 14.9. The van der Waals surface area contributed by atoms with E-state index in [1.54, 1.807) is 0 Å². The molecule has 0 unspecified atom stereocenters. The molecular formula is C36H42N4O2. The van der Waals surface area contributed by atoms with Crippen LogP contribution in [0.3, 0.4) is 0 Å². The lowest BCUT2D eigenvalue weighted by molar-refractivity contribution is 0.191. The smallest absolute Gasteiger partial charge is 0.318 e. The van der Waals surface area contributed by atoms with E-state index in [9.17, 15) is 9.59 Å². The largest absolute Gasteiger partial charge is 0.338 e. The molecule has 4 aromatic carbocycles. The normalized spacial score (nSPS) is 10.6. The van der Waals surface area contributed by atoms with Gasteiger partial charge in [-0.15, -0.1) is 0 Å². The summed E-state index contributed by atoms with van der Waals surface area (Å²) < 4.78 is 0. The highest BCUT2D eigenvalue weighted by molar-refractivity contribution is 5.74. The van der Waals surface area contributed by atoms with E-state index in [1.807, 2.05) is 131 Å². The molecule has 4 aromatic rings. The number of hydrogen-bond acceptors (Lipinski definition) is 2. The molecule has 218 valence electrons. The number of carbonyl (C=O) groups excluding carboxylic acids is 2. The van der Waals surface area contributed by atoms with E-state index in [-0.39, 0.29) is 12.1 Å². The number of nitrogens with one attached hydrogen (secondary N) is 2. The summed E-state index contributed by atoms with van der Waals surface area (Å²) in [6.07, 6.45) is 3.78. The average molecular weight is 563 g/mol. The molecule has 0 aliphatic carbocycles. The first kappa shape index (κ1) is 30.4. The quantitative estimate of drug-likeness (QED) is 0.149. The van der Waals surface area contributed by atoms with Gasteiger partial charge in [0.1, 0.15) is 0 Å². The molecule has 0 bridgehead atoms. The van der Waals surface area contributed by atoms with Gasteiger partial charge in [-0.05, 0) is 35.1 Å². The molecule has 4 amide bonds. The van der Waals surface area contributed by atoms with Gasteiger partial charge in [0.2, 0.25) is 0 Å². The molecule has 0 saturated heterocycles. The fourth-order valence-electron chi connectivity index (χ4n) is 4.83. The Kier molecular flexibility index (Phi) is 12.5. The third kappa shape index (κ3) is 10.8. The summed E-state index contributed by atoms with van der Waals surface area (Å²) in [7, 11) is 0. The Hall–Kier alpha value is -4.58. The minimum Gasteiger partial charge on any atom is -0.338 e. The maximum Gasteiger partial charge on any atom is 0.318 e. The van der Waals surface area contributed by atoms with E-state index >= 15 is 0 Å². The zero-order chi connectivity index (χ0) is 29.2. The van der Waals surface area contributed by atoms with E-state index < -0.39 is 0 Å². The lowest BCUT2D eigenvalue weighted by Gasteiger charge is -2.24.